The van der Waals surface area contributed by atoms with Crippen LogP contribution in [-0.2, 0) is 23.9 Å². The van der Waals surface area contributed by atoms with E-state index in [0.29, 0.717) is 24.8 Å². The van der Waals surface area contributed by atoms with Crippen LogP contribution in [-0.4, -0.2) is 9.55 Å². The van der Waals surface area contributed by atoms with Gasteiger partial charge in [0.05, 0.1) is 0 Å². The van der Waals surface area contributed by atoms with Crippen molar-refractivity contribution in [3.63, 3.8) is 0 Å². The minimum absolute atomic E-state index is 0.0376. The summed E-state index contributed by atoms with van der Waals surface area (Å²) in [5.41, 5.74) is 0.389. The first-order valence-electron chi connectivity index (χ1n) is 8.43. The maximum atomic E-state index is 13.0. The van der Waals surface area contributed by atoms with Gasteiger partial charge in [-0.25, -0.2) is 4.98 Å². The normalized spacial score (nSPS) is 12.4. The molecule has 0 aliphatic rings. The van der Waals surface area contributed by atoms with Gasteiger partial charge in [-0.15, -0.1) is 0 Å². The molecule has 0 atom stereocenters. The van der Waals surface area contributed by atoms with Gasteiger partial charge in [0.2, 0.25) is 0 Å². The molecule has 1 aromatic heterocycles. The lowest BCUT2D eigenvalue weighted by Crippen LogP contribution is -2.26. The van der Waals surface area contributed by atoms with Gasteiger partial charge in [-0.1, -0.05) is 63.7 Å². The molecule has 7 heteroatoms. The third-order valence-electron chi connectivity index (χ3n) is 3.90. The molecule has 0 aliphatic heterocycles. The highest BCUT2D eigenvalue weighted by molar-refractivity contribution is 7.98. The molecule has 0 amide bonds. The molecule has 0 N–H and O–H groups in total. The van der Waals surface area contributed by atoms with Crippen LogP contribution in [0.15, 0.2) is 40.3 Å². The maximum Gasteiger partial charge on any atom is 0.433 e. The van der Waals surface area contributed by atoms with Crippen molar-refractivity contribution in [2.45, 2.75) is 63.2 Å². The monoisotopic (exact) mass is 384 g/mol. The Hall–Kier alpha value is -1.76. The number of rotatable bonds is 5. The molecule has 26 heavy (non-hydrogen) atoms. The lowest BCUT2D eigenvalue weighted by molar-refractivity contribution is -0.141. The van der Waals surface area contributed by atoms with E-state index in [1.807, 2.05) is 31.2 Å². The zero-order valence-corrected chi connectivity index (χ0v) is 16.2. The van der Waals surface area contributed by atoms with Gasteiger partial charge in [-0.3, -0.25) is 9.36 Å². The second-order valence-electron chi connectivity index (χ2n) is 7.15. The zero-order chi connectivity index (χ0) is 19.5. The Morgan fingerprint density at radius 1 is 1.12 bits per heavy atom. The first kappa shape index (κ1) is 20.6. The topological polar surface area (TPSA) is 34.9 Å². The summed E-state index contributed by atoms with van der Waals surface area (Å²) in [5, 5.41) is 0.103. The minimum Gasteiger partial charge on any atom is -0.288 e. The van der Waals surface area contributed by atoms with Crippen molar-refractivity contribution >= 4 is 11.8 Å². The van der Waals surface area contributed by atoms with Gasteiger partial charge in [0.15, 0.2) is 10.9 Å². The van der Waals surface area contributed by atoms with E-state index in [9.17, 15) is 18.0 Å². The second-order valence-corrected chi connectivity index (χ2v) is 8.09. The number of benzene rings is 1. The molecule has 0 radical (unpaired) electrons. The first-order chi connectivity index (χ1) is 12.0. The Bertz CT molecular complexity index is 806. The first-order valence-corrected chi connectivity index (χ1v) is 9.42. The van der Waals surface area contributed by atoms with E-state index >= 15 is 0 Å². The Labute approximate surface area is 155 Å². The molecule has 1 heterocycles. The zero-order valence-electron chi connectivity index (χ0n) is 15.4. The van der Waals surface area contributed by atoms with E-state index in [-0.39, 0.29) is 10.6 Å². The number of hydrogen-bond acceptors (Lipinski definition) is 3. The standard InChI is InChI=1S/C19H23F3N2OS/c1-5-10-24-16(25)11-15(19(20,21)22)23-17(24)26-12-13-6-8-14(9-7-13)18(2,3)4/h6-9,11H,5,10,12H2,1-4H3. The van der Waals surface area contributed by atoms with Crippen LogP contribution in [0.2, 0.25) is 0 Å². The fourth-order valence-corrected chi connectivity index (χ4v) is 3.41. The van der Waals surface area contributed by atoms with E-state index in [2.05, 4.69) is 25.8 Å². The maximum absolute atomic E-state index is 13.0. The summed E-state index contributed by atoms with van der Waals surface area (Å²) in [6.45, 7) is 8.56. The molecule has 1 aromatic carbocycles. The van der Waals surface area contributed by atoms with Gasteiger partial charge < -0.3 is 0 Å². The Balaban J connectivity index is 2.27. The van der Waals surface area contributed by atoms with Crippen LogP contribution >= 0.6 is 11.8 Å². The van der Waals surface area contributed by atoms with Crippen LogP contribution in [0.5, 0.6) is 0 Å². The number of hydrogen-bond donors (Lipinski definition) is 0. The molecule has 0 aliphatic carbocycles. The van der Waals surface area contributed by atoms with E-state index in [0.717, 1.165) is 17.3 Å². The highest BCUT2D eigenvalue weighted by Gasteiger charge is 2.34. The predicted octanol–water partition coefficient (Wildman–Crippen LogP) is 5.26. The molecule has 142 valence electrons. The lowest BCUT2D eigenvalue weighted by atomic mass is 9.87. The SMILES string of the molecule is CCCn1c(SCc2ccc(C(C)(C)C)cc2)nc(C(F)(F)F)cc1=O. The molecule has 3 nitrogen and oxygen atoms in total. The molecule has 0 bridgehead atoms. The summed E-state index contributed by atoms with van der Waals surface area (Å²) in [5.74, 6) is 0.446. The molecule has 2 rings (SSSR count). The summed E-state index contributed by atoms with van der Waals surface area (Å²) >= 11 is 1.15. The number of nitrogens with zero attached hydrogens (tertiary/aromatic N) is 2. The van der Waals surface area contributed by atoms with Gasteiger partial charge in [-0.2, -0.15) is 13.2 Å². The smallest absolute Gasteiger partial charge is 0.288 e. The van der Waals surface area contributed by atoms with Crippen molar-refractivity contribution in [2.75, 3.05) is 0 Å². The van der Waals surface area contributed by atoms with Crippen LogP contribution in [0.4, 0.5) is 13.2 Å². The molecule has 0 fully saturated rings. The molecule has 2 aromatic rings. The summed E-state index contributed by atoms with van der Waals surface area (Å²) in [7, 11) is 0. The Morgan fingerprint density at radius 3 is 2.23 bits per heavy atom. The van der Waals surface area contributed by atoms with E-state index in [4.69, 9.17) is 0 Å². The van der Waals surface area contributed by atoms with Crippen LogP contribution in [0.3, 0.4) is 0 Å². The van der Waals surface area contributed by atoms with Crippen molar-refractivity contribution in [2.24, 2.45) is 0 Å². The summed E-state index contributed by atoms with van der Waals surface area (Å²) < 4.78 is 40.2. The molecular formula is C19H23F3N2OS. The van der Waals surface area contributed by atoms with Crippen LogP contribution in [0, 0.1) is 0 Å². The van der Waals surface area contributed by atoms with E-state index in [1.54, 1.807) is 0 Å². The van der Waals surface area contributed by atoms with Gasteiger partial charge in [0.25, 0.3) is 5.56 Å². The van der Waals surface area contributed by atoms with Crippen LogP contribution < -0.4 is 5.56 Å². The van der Waals surface area contributed by atoms with Crippen molar-refractivity contribution in [1.82, 2.24) is 9.55 Å². The average molecular weight is 384 g/mol. The van der Waals surface area contributed by atoms with Crippen molar-refractivity contribution in [1.29, 1.82) is 0 Å². The number of thioether (sulfide) groups is 1. The molecule has 0 spiro atoms. The molecule has 0 unspecified atom stereocenters. The lowest BCUT2D eigenvalue weighted by Gasteiger charge is -2.19. The summed E-state index contributed by atoms with van der Waals surface area (Å²) in [4.78, 5) is 15.8. The van der Waals surface area contributed by atoms with Crippen LogP contribution in [0.25, 0.3) is 0 Å². The fraction of sp³-hybridized carbons (Fsp3) is 0.474. The van der Waals surface area contributed by atoms with Gasteiger partial charge in [0.1, 0.15) is 0 Å². The largest absolute Gasteiger partial charge is 0.433 e. The van der Waals surface area contributed by atoms with Gasteiger partial charge in [-0.05, 0) is 23.0 Å². The van der Waals surface area contributed by atoms with Crippen molar-refractivity contribution in [3.05, 3.63) is 57.5 Å². The molecular weight excluding hydrogens is 361 g/mol. The van der Waals surface area contributed by atoms with Gasteiger partial charge >= 0.3 is 6.18 Å². The minimum atomic E-state index is -4.63. The van der Waals surface area contributed by atoms with Crippen LogP contribution in [0.1, 0.15) is 50.9 Å². The predicted molar refractivity (Wildman–Crippen MR) is 98.5 cm³/mol. The summed E-state index contributed by atoms with van der Waals surface area (Å²) in [6, 6.07) is 8.54. The average Bonchev–Trinajstić information content (AvgIpc) is 2.54. The Morgan fingerprint density at radius 2 is 1.73 bits per heavy atom. The van der Waals surface area contributed by atoms with Gasteiger partial charge in [0, 0.05) is 18.4 Å². The number of alkyl halides is 3. The van der Waals surface area contributed by atoms with E-state index in [1.165, 1.54) is 10.1 Å². The third-order valence-corrected chi connectivity index (χ3v) is 4.95. The highest BCUT2D eigenvalue weighted by Crippen LogP contribution is 2.29. The second kappa shape index (κ2) is 7.86. The van der Waals surface area contributed by atoms with Crippen molar-refractivity contribution < 1.29 is 13.2 Å². The highest BCUT2D eigenvalue weighted by atomic mass is 32.2. The van der Waals surface area contributed by atoms with E-state index < -0.39 is 17.4 Å². The number of aromatic nitrogens is 2. The van der Waals surface area contributed by atoms with Crippen molar-refractivity contribution in [3.8, 4) is 0 Å². The quantitative estimate of drug-likeness (QED) is 0.521. The Kier molecular flexibility index (Phi) is 6.21. The third kappa shape index (κ3) is 5.13. The fourth-order valence-electron chi connectivity index (χ4n) is 2.42. The molecule has 0 saturated carbocycles. The summed E-state index contributed by atoms with van der Waals surface area (Å²) in [6.07, 6.45) is -3.99. The number of halogens is 3. The molecule has 0 saturated heterocycles.